The Hall–Kier alpha value is -2.02. The van der Waals surface area contributed by atoms with Gasteiger partial charge in [-0.25, -0.2) is 19.6 Å². The van der Waals surface area contributed by atoms with E-state index in [-0.39, 0.29) is 6.04 Å². The Bertz CT molecular complexity index is 389. The second-order valence-electron chi connectivity index (χ2n) is 3.52. The van der Waals surface area contributed by atoms with E-state index in [4.69, 9.17) is 0 Å². The summed E-state index contributed by atoms with van der Waals surface area (Å²) in [5.74, 6) is 0. The number of hydrogen-bond acceptors (Lipinski definition) is 4. The minimum absolute atomic E-state index is 0.0995. The Morgan fingerprint density at radius 1 is 1.12 bits per heavy atom. The molecule has 4 heteroatoms. The van der Waals surface area contributed by atoms with Crippen molar-refractivity contribution in [3.8, 4) is 0 Å². The molecule has 90 valence electrons. The molecule has 0 spiro atoms. The maximum absolute atomic E-state index is 9.70. The topological polar surface area (TPSA) is 58.9 Å². The van der Waals surface area contributed by atoms with Crippen molar-refractivity contribution in [2.75, 3.05) is 6.54 Å². The fourth-order valence-electron chi connectivity index (χ4n) is 0.981. The largest absolute Gasteiger partial charge is 0.235 e. The third-order valence-corrected chi connectivity index (χ3v) is 1.73. The molecule has 0 N–H and O–H groups in total. The number of rotatable bonds is 4. The minimum atomic E-state index is 0.0995. The van der Waals surface area contributed by atoms with Crippen molar-refractivity contribution in [3.63, 3.8) is 0 Å². The normalized spacial score (nSPS) is 8.41. The van der Waals surface area contributed by atoms with Crippen LogP contribution in [0.2, 0.25) is 0 Å². The van der Waals surface area contributed by atoms with E-state index < -0.39 is 0 Å². The first-order valence-corrected chi connectivity index (χ1v) is 5.35. The number of nitrogens with zero attached hydrogens (tertiary/aromatic N) is 2. The van der Waals surface area contributed by atoms with Gasteiger partial charge >= 0.3 is 0 Å². The molecule has 0 aromatic heterocycles. The monoisotopic (exact) mass is 232 g/mol. The van der Waals surface area contributed by atoms with Crippen LogP contribution in [0.15, 0.2) is 40.3 Å². The van der Waals surface area contributed by atoms with Gasteiger partial charge in [-0.15, -0.1) is 0 Å². The van der Waals surface area contributed by atoms with Gasteiger partial charge in [0.15, 0.2) is 0 Å². The van der Waals surface area contributed by atoms with Gasteiger partial charge in [0.05, 0.1) is 12.6 Å². The molecule has 0 aliphatic carbocycles. The highest BCUT2D eigenvalue weighted by Gasteiger charge is 1.87. The smallest absolute Gasteiger partial charge is 0.211 e. The molecule has 0 unspecified atom stereocenters. The van der Waals surface area contributed by atoms with Crippen molar-refractivity contribution >= 4 is 12.2 Å². The lowest BCUT2D eigenvalue weighted by Gasteiger charge is -1.93. The van der Waals surface area contributed by atoms with Gasteiger partial charge in [0.25, 0.3) is 0 Å². The summed E-state index contributed by atoms with van der Waals surface area (Å²) in [7, 11) is 0. The molecular weight excluding hydrogens is 216 g/mol. The number of isocyanates is 2. The first-order chi connectivity index (χ1) is 8.20. The third kappa shape index (κ3) is 10.3. The molecular formula is C13H16N2O2. The lowest BCUT2D eigenvalue weighted by atomic mass is 10.2. The second kappa shape index (κ2) is 10.5. The zero-order chi connectivity index (χ0) is 12.9. The lowest BCUT2D eigenvalue weighted by Crippen LogP contribution is -1.87. The molecule has 1 aromatic carbocycles. The summed E-state index contributed by atoms with van der Waals surface area (Å²) in [6, 6.07) is 10.0. The highest BCUT2D eigenvalue weighted by molar-refractivity contribution is 5.33. The summed E-state index contributed by atoms with van der Waals surface area (Å²) in [5, 5.41) is 0. The summed E-state index contributed by atoms with van der Waals surface area (Å²) in [5.41, 5.74) is 1.20. The molecule has 0 atom stereocenters. The fourth-order valence-corrected chi connectivity index (χ4v) is 0.981. The van der Waals surface area contributed by atoms with Crippen LogP contribution in [-0.2, 0) is 16.0 Å². The van der Waals surface area contributed by atoms with Crippen LogP contribution in [0, 0.1) is 0 Å². The van der Waals surface area contributed by atoms with Crippen molar-refractivity contribution in [2.24, 2.45) is 9.98 Å². The predicted molar refractivity (Wildman–Crippen MR) is 66.4 cm³/mol. The maximum atomic E-state index is 9.70. The Morgan fingerprint density at radius 3 is 2.18 bits per heavy atom. The molecule has 0 bridgehead atoms. The Balaban J connectivity index is 0.000000366. The van der Waals surface area contributed by atoms with E-state index in [1.165, 1.54) is 17.7 Å². The highest BCUT2D eigenvalue weighted by Crippen LogP contribution is 1.98. The van der Waals surface area contributed by atoms with Crippen LogP contribution < -0.4 is 0 Å². The summed E-state index contributed by atoms with van der Waals surface area (Å²) >= 11 is 0. The standard InChI is InChI=1S/C9H9NO.C4H7NO/c11-8-10-7-6-9-4-2-1-3-5-9;1-4(2)5-3-6/h1-5H,6-7H2;4H,1-2H3. The number of carbonyl (C=O) groups excluding carboxylic acids is 2. The van der Waals surface area contributed by atoms with E-state index in [0.29, 0.717) is 6.54 Å². The SMILES string of the molecule is CC(C)N=C=O.O=C=NCCc1ccccc1. The molecule has 0 fully saturated rings. The third-order valence-electron chi connectivity index (χ3n) is 1.73. The van der Waals surface area contributed by atoms with Crippen LogP contribution in [-0.4, -0.2) is 24.7 Å². The van der Waals surface area contributed by atoms with Crippen molar-refractivity contribution in [1.29, 1.82) is 0 Å². The molecule has 0 radical (unpaired) electrons. The Morgan fingerprint density at radius 2 is 1.76 bits per heavy atom. The van der Waals surface area contributed by atoms with Crippen LogP contribution in [0.3, 0.4) is 0 Å². The summed E-state index contributed by atoms with van der Waals surface area (Å²) in [6.45, 7) is 4.18. The zero-order valence-corrected chi connectivity index (χ0v) is 10.1. The van der Waals surface area contributed by atoms with E-state index in [1.54, 1.807) is 0 Å². The second-order valence-corrected chi connectivity index (χ2v) is 3.52. The molecule has 0 saturated heterocycles. The van der Waals surface area contributed by atoms with Gasteiger partial charge in [-0.2, -0.15) is 0 Å². The lowest BCUT2D eigenvalue weighted by molar-refractivity contribution is 0.560. The maximum Gasteiger partial charge on any atom is 0.235 e. The number of aliphatic imine (C=N–C) groups is 2. The van der Waals surface area contributed by atoms with Gasteiger partial charge in [-0.3, -0.25) is 0 Å². The molecule has 0 aliphatic rings. The first kappa shape index (κ1) is 15.0. The van der Waals surface area contributed by atoms with E-state index in [0.717, 1.165) is 6.42 Å². The van der Waals surface area contributed by atoms with E-state index in [1.807, 2.05) is 44.2 Å². The molecule has 0 aliphatic heterocycles. The number of benzene rings is 1. The summed E-state index contributed by atoms with van der Waals surface area (Å²) in [4.78, 5) is 25.8. The van der Waals surface area contributed by atoms with Crippen molar-refractivity contribution in [1.82, 2.24) is 0 Å². The average Bonchev–Trinajstić information content (AvgIpc) is 2.31. The highest BCUT2D eigenvalue weighted by atomic mass is 16.1. The number of hydrogen-bond donors (Lipinski definition) is 0. The van der Waals surface area contributed by atoms with Crippen LogP contribution in [0.5, 0.6) is 0 Å². The average molecular weight is 232 g/mol. The van der Waals surface area contributed by atoms with E-state index in [9.17, 15) is 9.59 Å². The minimum Gasteiger partial charge on any atom is -0.211 e. The van der Waals surface area contributed by atoms with Gasteiger partial charge < -0.3 is 0 Å². The van der Waals surface area contributed by atoms with Crippen molar-refractivity contribution in [3.05, 3.63) is 35.9 Å². The van der Waals surface area contributed by atoms with Gasteiger partial charge in [0.1, 0.15) is 0 Å². The van der Waals surface area contributed by atoms with Gasteiger partial charge in [-0.1, -0.05) is 30.3 Å². The zero-order valence-electron chi connectivity index (χ0n) is 10.1. The molecule has 0 saturated carbocycles. The predicted octanol–water partition coefficient (Wildman–Crippen LogP) is 2.30. The van der Waals surface area contributed by atoms with Crippen molar-refractivity contribution < 1.29 is 9.59 Å². The van der Waals surface area contributed by atoms with E-state index >= 15 is 0 Å². The Labute approximate surface area is 101 Å². The molecule has 1 rings (SSSR count). The van der Waals surface area contributed by atoms with Crippen LogP contribution >= 0.6 is 0 Å². The Kier molecular flexibility index (Phi) is 9.25. The van der Waals surface area contributed by atoms with Gasteiger partial charge in [0, 0.05) is 0 Å². The molecule has 17 heavy (non-hydrogen) atoms. The van der Waals surface area contributed by atoms with Crippen molar-refractivity contribution in [2.45, 2.75) is 26.3 Å². The quantitative estimate of drug-likeness (QED) is 0.590. The fraction of sp³-hybridized carbons (Fsp3) is 0.385. The van der Waals surface area contributed by atoms with Crippen LogP contribution in [0.25, 0.3) is 0 Å². The molecule has 0 amide bonds. The van der Waals surface area contributed by atoms with E-state index in [2.05, 4.69) is 9.98 Å². The van der Waals surface area contributed by atoms with Crippen LogP contribution in [0.4, 0.5) is 0 Å². The summed E-state index contributed by atoms with van der Waals surface area (Å²) in [6.07, 6.45) is 3.77. The van der Waals surface area contributed by atoms with Gasteiger partial charge in [0.2, 0.25) is 12.2 Å². The molecule has 4 nitrogen and oxygen atoms in total. The first-order valence-electron chi connectivity index (χ1n) is 5.35. The van der Waals surface area contributed by atoms with Gasteiger partial charge in [-0.05, 0) is 25.8 Å². The van der Waals surface area contributed by atoms with Crippen LogP contribution in [0.1, 0.15) is 19.4 Å². The summed E-state index contributed by atoms with van der Waals surface area (Å²) < 4.78 is 0. The molecule has 0 heterocycles. The molecule has 1 aromatic rings.